The molecule has 0 heterocycles. The van der Waals surface area contributed by atoms with Gasteiger partial charge in [0.2, 0.25) is 5.78 Å². The molecule has 0 aliphatic rings. The first-order valence-electron chi connectivity index (χ1n) is 5.45. The summed E-state index contributed by atoms with van der Waals surface area (Å²) in [6.07, 6.45) is 1.51. The standard InChI is InChI=1S/C12H8F6O3S/c1-22-7-4-2-3-6(5-7)8(19)10(13,14)12(17,18)11(15,16)9(20)21/h2-5H,1H3,(H,20,21). The SMILES string of the molecule is CSc1cccc(C(=O)C(F)(F)C(F)(F)C(F)(F)C(=O)O)c1. The molecule has 0 spiro atoms. The van der Waals surface area contributed by atoms with Gasteiger partial charge >= 0.3 is 23.7 Å². The van der Waals surface area contributed by atoms with Crippen molar-refractivity contribution in [3.05, 3.63) is 29.8 Å². The summed E-state index contributed by atoms with van der Waals surface area (Å²) in [6, 6.07) is 4.03. The molecule has 22 heavy (non-hydrogen) atoms. The van der Waals surface area contributed by atoms with Crippen molar-refractivity contribution in [3.63, 3.8) is 0 Å². The molecule has 0 fully saturated rings. The van der Waals surface area contributed by atoms with Crippen molar-refractivity contribution < 1.29 is 41.0 Å². The van der Waals surface area contributed by atoms with Crippen molar-refractivity contribution in [1.29, 1.82) is 0 Å². The summed E-state index contributed by atoms with van der Waals surface area (Å²) in [6.45, 7) is 0. The molecule has 0 aliphatic heterocycles. The number of Topliss-reactive ketones (excluding diaryl/α,β-unsaturated/α-hetero) is 1. The van der Waals surface area contributed by atoms with Gasteiger partial charge in [0, 0.05) is 10.5 Å². The van der Waals surface area contributed by atoms with Gasteiger partial charge in [0.05, 0.1) is 0 Å². The molecule has 0 saturated carbocycles. The fourth-order valence-corrected chi connectivity index (χ4v) is 1.88. The molecule has 0 amide bonds. The molecule has 0 bridgehead atoms. The maximum atomic E-state index is 13.5. The average Bonchev–Trinajstić information content (AvgIpc) is 2.45. The van der Waals surface area contributed by atoms with Crippen LogP contribution in [0.5, 0.6) is 0 Å². The highest BCUT2D eigenvalue weighted by molar-refractivity contribution is 7.98. The second kappa shape index (κ2) is 5.82. The Morgan fingerprint density at radius 2 is 1.59 bits per heavy atom. The predicted octanol–water partition coefficient (Wildman–Crippen LogP) is 3.58. The Kier molecular flexibility index (Phi) is 4.85. The van der Waals surface area contributed by atoms with E-state index in [2.05, 4.69) is 0 Å². The molecule has 1 N–H and O–H groups in total. The van der Waals surface area contributed by atoms with Crippen LogP contribution in [0, 0.1) is 0 Å². The van der Waals surface area contributed by atoms with Crippen LogP contribution >= 0.6 is 11.8 Å². The van der Waals surface area contributed by atoms with Crippen LogP contribution in [0.1, 0.15) is 10.4 Å². The van der Waals surface area contributed by atoms with E-state index in [4.69, 9.17) is 5.11 Å². The number of carbonyl (C=O) groups excluding carboxylic acids is 1. The number of hydrogen-bond acceptors (Lipinski definition) is 3. The van der Waals surface area contributed by atoms with Crippen LogP contribution in [-0.4, -0.2) is 40.9 Å². The third-order valence-corrected chi connectivity index (χ3v) is 3.40. The van der Waals surface area contributed by atoms with E-state index in [9.17, 15) is 35.9 Å². The summed E-state index contributed by atoms with van der Waals surface area (Å²) in [5, 5.41) is 8.00. The van der Waals surface area contributed by atoms with Crippen LogP contribution in [0.25, 0.3) is 0 Å². The number of carboxylic acids is 1. The Morgan fingerprint density at radius 3 is 2.05 bits per heavy atom. The number of carbonyl (C=O) groups is 2. The normalized spacial score (nSPS) is 13.0. The maximum Gasteiger partial charge on any atom is 0.411 e. The lowest BCUT2D eigenvalue weighted by Crippen LogP contribution is -2.60. The Morgan fingerprint density at radius 1 is 1.05 bits per heavy atom. The second-order valence-electron chi connectivity index (χ2n) is 4.09. The molecule has 0 aromatic heterocycles. The first kappa shape index (κ1) is 18.3. The van der Waals surface area contributed by atoms with Crippen molar-refractivity contribution in [1.82, 2.24) is 0 Å². The van der Waals surface area contributed by atoms with Crippen LogP contribution in [0.3, 0.4) is 0 Å². The number of alkyl halides is 6. The van der Waals surface area contributed by atoms with Gasteiger partial charge in [-0.05, 0) is 18.4 Å². The van der Waals surface area contributed by atoms with E-state index in [0.29, 0.717) is 0 Å². The lowest BCUT2D eigenvalue weighted by Gasteiger charge is -2.29. The Bertz CT molecular complexity index is 602. The summed E-state index contributed by atoms with van der Waals surface area (Å²) in [5.74, 6) is -24.4. The molecular formula is C12H8F6O3S. The number of carboxylic acid groups (broad SMARTS) is 1. The van der Waals surface area contributed by atoms with Gasteiger partial charge in [0.15, 0.2) is 0 Å². The van der Waals surface area contributed by atoms with Crippen molar-refractivity contribution in [2.45, 2.75) is 22.7 Å². The fraction of sp³-hybridized carbons (Fsp3) is 0.333. The van der Waals surface area contributed by atoms with Crippen LogP contribution < -0.4 is 0 Å². The van der Waals surface area contributed by atoms with E-state index in [1.807, 2.05) is 0 Å². The third kappa shape index (κ3) is 2.79. The van der Waals surface area contributed by atoms with Crippen molar-refractivity contribution in [3.8, 4) is 0 Å². The van der Waals surface area contributed by atoms with E-state index in [1.165, 1.54) is 12.3 Å². The average molecular weight is 346 g/mol. The van der Waals surface area contributed by atoms with Gasteiger partial charge in [-0.25, -0.2) is 4.79 Å². The van der Waals surface area contributed by atoms with Gasteiger partial charge in [-0.2, -0.15) is 26.3 Å². The number of ketones is 1. The summed E-state index contributed by atoms with van der Waals surface area (Å²) < 4.78 is 79.2. The number of halogens is 6. The minimum atomic E-state index is -6.39. The molecule has 0 atom stereocenters. The maximum absolute atomic E-state index is 13.5. The van der Waals surface area contributed by atoms with Gasteiger partial charge in [-0.3, -0.25) is 4.79 Å². The summed E-state index contributed by atoms with van der Waals surface area (Å²) in [7, 11) is 0. The number of hydrogen-bond donors (Lipinski definition) is 1. The molecule has 0 aliphatic carbocycles. The van der Waals surface area contributed by atoms with Crippen LogP contribution in [-0.2, 0) is 4.79 Å². The Balaban J connectivity index is 3.32. The van der Waals surface area contributed by atoms with Crippen LogP contribution in [0.2, 0.25) is 0 Å². The molecule has 10 heteroatoms. The van der Waals surface area contributed by atoms with Crippen molar-refractivity contribution in [2.75, 3.05) is 6.26 Å². The minimum Gasteiger partial charge on any atom is -0.477 e. The minimum absolute atomic E-state index is 0.259. The molecule has 1 rings (SSSR count). The highest BCUT2D eigenvalue weighted by Gasteiger charge is 2.78. The summed E-state index contributed by atoms with van der Waals surface area (Å²) in [4.78, 5) is 21.8. The van der Waals surface area contributed by atoms with E-state index < -0.39 is 35.1 Å². The molecule has 0 unspecified atom stereocenters. The molecule has 3 nitrogen and oxygen atoms in total. The zero-order valence-electron chi connectivity index (χ0n) is 10.7. The molecule has 0 saturated heterocycles. The second-order valence-corrected chi connectivity index (χ2v) is 4.97. The molecular weight excluding hydrogens is 338 g/mol. The number of aliphatic carboxylic acids is 1. The van der Waals surface area contributed by atoms with Gasteiger partial charge < -0.3 is 5.11 Å². The van der Waals surface area contributed by atoms with E-state index in [-0.39, 0.29) is 4.90 Å². The Hall–Kier alpha value is -1.71. The highest BCUT2D eigenvalue weighted by Crippen LogP contribution is 2.47. The highest BCUT2D eigenvalue weighted by atomic mass is 32.2. The summed E-state index contributed by atoms with van der Waals surface area (Å²) in [5.41, 5.74) is -0.933. The molecule has 1 aromatic carbocycles. The zero-order valence-corrected chi connectivity index (χ0v) is 11.6. The van der Waals surface area contributed by atoms with Gasteiger partial charge in [0.25, 0.3) is 0 Å². The van der Waals surface area contributed by atoms with Gasteiger partial charge in [-0.1, -0.05) is 12.1 Å². The first-order chi connectivity index (χ1) is 9.89. The molecule has 0 radical (unpaired) electrons. The number of benzene rings is 1. The zero-order chi connectivity index (χ0) is 17.3. The summed E-state index contributed by atoms with van der Waals surface area (Å²) >= 11 is 1.00. The lowest BCUT2D eigenvalue weighted by atomic mass is 9.96. The van der Waals surface area contributed by atoms with Crippen LogP contribution in [0.4, 0.5) is 26.3 Å². The van der Waals surface area contributed by atoms with Gasteiger partial charge in [-0.15, -0.1) is 11.8 Å². The van der Waals surface area contributed by atoms with Crippen molar-refractivity contribution >= 4 is 23.5 Å². The number of thioether (sulfide) groups is 1. The fourth-order valence-electron chi connectivity index (χ4n) is 1.42. The smallest absolute Gasteiger partial charge is 0.411 e. The van der Waals surface area contributed by atoms with Crippen molar-refractivity contribution in [2.24, 2.45) is 0 Å². The Labute approximate surface area is 124 Å². The van der Waals surface area contributed by atoms with E-state index in [1.54, 1.807) is 0 Å². The third-order valence-electron chi connectivity index (χ3n) is 2.67. The molecule has 1 aromatic rings. The molecule has 122 valence electrons. The van der Waals surface area contributed by atoms with E-state index in [0.717, 1.165) is 30.0 Å². The number of rotatable bonds is 6. The largest absolute Gasteiger partial charge is 0.477 e. The predicted molar refractivity (Wildman–Crippen MR) is 65.0 cm³/mol. The van der Waals surface area contributed by atoms with E-state index >= 15 is 0 Å². The quantitative estimate of drug-likeness (QED) is 0.486. The topological polar surface area (TPSA) is 54.4 Å². The monoisotopic (exact) mass is 346 g/mol. The lowest BCUT2D eigenvalue weighted by molar-refractivity contribution is -0.285. The first-order valence-corrected chi connectivity index (χ1v) is 6.67. The van der Waals surface area contributed by atoms with Crippen LogP contribution in [0.15, 0.2) is 29.2 Å². The van der Waals surface area contributed by atoms with Gasteiger partial charge in [0.1, 0.15) is 0 Å².